The normalized spacial score (nSPS) is 12.2. The highest BCUT2D eigenvalue weighted by Gasteiger charge is 2.21. The van der Waals surface area contributed by atoms with Gasteiger partial charge in [0.2, 0.25) is 5.76 Å². The summed E-state index contributed by atoms with van der Waals surface area (Å²) in [6.45, 7) is 2.81. The van der Waals surface area contributed by atoms with Crippen molar-refractivity contribution in [3.8, 4) is 0 Å². The molecule has 0 aliphatic heterocycles. The van der Waals surface area contributed by atoms with Crippen LogP contribution in [0.5, 0.6) is 0 Å². The summed E-state index contributed by atoms with van der Waals surface area (Å²) in [6, 6.07) is 9.41. The third kappa shape index (κ3) is 3.87. The van der Waals surface area contributed by atoms with E-state index in [2.05, 4.69) is 54.6 Å². The van der Waals surface area contributed by atoms with E-state index in [9.17, 15) is 4.79 Å². The van der Waals surface area contributed by atoms with E-state index in [0.29, 0.717) is 5.76 Å². The third-order valence-corrected chi connectivity index (χ3v) is 4.45. The fourth-order valence-corrected chi connectivity index (χ4v) is 3.05. The number of hydrogen-bond donors (Lipinski definition) is 1. The summed E-state index contributed by atoms with van der Waals surface area (Å²) >= 11 is 5.78. The van der Waals surface area contributed by atoms with E-state index in [1.807, 2.05) is 19.1 Å². The van der Waals surface area contributed by atoms with Crippen LogP contribution in [0.4, 0.5) is 0 Å². The van der Waals surface area contributed by atoms with E-state index in [-0.39, 0.29) is 11.8 Å². The lowest BCUT2D eigenvalue weighted by atomic mass is 10.0. The van der Waals surface area contributed by atoms with Crippen LogP contribution >= 0.6 is 38.5 Å². The third-order valence-electron chi connectivity index (χ3n) is 2.98. The number of carbonyl (C=O) groups is 1. The monoisotopic (exact) mass is 463 g/mol. The van der Waals surface area contributed by atoms with Crippen molar-refractivity contribution in [2.45, 2.75) is 13.0 Å². The van der Waals surface area contributed by atoms with Crippen molar-refractivity contribution in [3.63, 3.8) is 0 Å². The highest BCUT2D eigenvalue weighted by molar-refractivity contribution is 14.1. The number of esters is 1. The quantitative estimate of drug-likeness (QED) is 0.535. The molecule has 1 N–H and O–H groups in total. The number of ether oxygens (including phenoxy) is 1. The second kappa shape index (κ2) is 7.42. The van der Waals surface area contributed by atoms with Gasteiger partial charge >= 0.3 is 5.97 Å². The van der Waals surface area contributed by atoms with E-state index in [4.69, 9.17) is 4.42 Å². The fourth-order valence-electron chi connectivity index (χ4n) is 2.02. The Morgan fingerprint density at radius 2 is 2.19 bits per heavy atom. The highest BCUT2D eigenvalue weighted by atomic mass is 127. The molecular formula is C15H15BrINO3. The number of carbonyl (C=O) groups excluding carboxylic acids is 1. The maximum Gasteiger partial charge on any atom is 0.373 e. The molecule has 0 saturated carbocycles. The van der Waals surface area contributed by atoms with Crippen LogP contribution in [0.3, 0.4) is 0 Å². The van der Waals surface area contributed by atoms with Crippen molar-refractivity contribution in [3.05, 3.63) is 55.5 Å². The second-order valence-corrected chi connectivity index (χ2v) is 6.43. The van der Waals surface area contributed by atoms with Gasteiger partial charge in [-0.2, -0.15) is 0 Å². The van der Waals surface area contributed by atoms with Gasteiger partial charge in [-0.15, -0.1) is 0 Å². The number of hydrogen-bond acceptors (Lipinski definition) is 4. The van der Waals surface area contributed by atoms with E-state index in [1.54, 1.807) is 12.1 Å². The molecule has 4 nitrogen and oxygen atoms in total. The zero-order chi connectivity index (χ0) is 15.4. The largest absolute Gasteiger partial charge is 0.463 e. The van der Waals surface area contributed by atoms with Gasteiger partial charge in [-0.3, -0.25) is 0 Å². The van der Waals surface area contributed by atoms with E-state index < -0.39 is 5.97 Å². The van der Waals surface area contributed by atoms with Gasteiger partial charge in [-0.05, 0) is 65.0 Å². The van der Waals surface area contributed by atoms with Crippen molar-refractivity contribution < 1.29 is 13.9 Å². The van der Waals surface area contributed by atoms with Crippen LogP contribution < -0.4 is 5.32 Å². The summed E-state index contributed by atoms with van der Waals surface area (Å²) in [7, 11) is 1.34. The molecule has 0 amide bonds. The maximum atomic E-state index is 11.5. The predicted molar refractivity (Wildman–Crippen MR) is 92.4 cm³/mol. The summed E-state index contributed by atoms with van der Waals surface area (Å²) in [5.74, 6) is 0.425. The number of nitrogens with one attached hydrogen (secondary N) is 1. The molecule has 1 aromatic carbocycles. The molecule has 6 heteroatoms. The Labute approximate surface area is 145 Å². The highest BCUT2D eigenvalue weighted by Crippen LogP contribution is 2.30. The van der Waals surface area contributed by atoms with Gasteiger partial charge in [-0.1, -0.05) is 22.9 Å². The number of halogens is 2. The van der Waals surface area contributed by atoms with Gasteiger partial charge in [0.25, 0.3) is 0 Å². The summed E-state index contributed by atoms with van der Waals surface area (Å²) in [6.07, 6.45) is 0. The van der Waals surface area contributed by atoms with Gasteiger partial charge in [0.05, 0.1) is 13.2 Å². The lowest BCUT2D eigenvalue weighted by Crippen LogP contribution is -2.22. The number of benzene rings is 1. The Hall–Kier alpha value is -0.860. The van der Waals surface area contributed by atoms with Crippen LogP contribution in [-0.2, 0) is 4.74 Å². The molecule has 0 fully saturated rings. The molecule has 21 heavy (non-hydrogen) atoms. The van der Waals surface area contributed by atoms with Gasteiger partial charge in [0.1, 0.15) is 5.76 Å². The fraction of sp³-hybridized carbons (Fsp3) is 0.267. The van der Waals surface area contributed by atoms with E-state index in [1.165, 1.54) is 7.11 Å². The molecule has 1 heterocycles. The molecule has 0 radical (unpaired) electrons. The molecule has 0 bridgehead atoms. The number of methoxy groups -OCH3 is 1. The molecule has 2 rings (SSSR count). The summed E-state index contributed by atoms with van der Waals surface area (Å²) < 4.78 is 12.4. The van der Waals surface area contributed by atoms with E-state index >= 15 is 0 Å². The van der Waals surface area contributed by atoms with Gasteiger partial charge in [0.15, 0.2) is 0 Å². The first-order valence-electron chi connectivity index (χ1n) is 6.43. The van der Waals surface area contributed by atoms with Gasteiger partial charge in [-0.25, -0.2) is 4.79 Å². The predicted octanol–water partition coefficient (Wildman–Crippen LogP) is 4.13. The van der Waals surface area contributed by atoms with Crippen LogP contribution in [0, 0.1) is 3.57 Å². The summed E-state index contributed by atoms with van der Waals surface area (Å²) in [5, 5.41) is 3.38. The Balaban J connectivity index is 2.41. The van der Waals surface area contributed by atoms with Crippen LogP contribution in [0.15, 0.2) is 39.2 Å². The average molecular weight is 464 g/mol. The van der Waals surface area contributed by atoms with Crippen LogP contribution in [0.25, 0.3) is 0 Å². The zero-order valence-corrected chi connectivity index (χ0v) is 15.4. The Morgan fingerprint density at radius 3 is 2.86 bits per heavy atom. The van der Waals surface area contributed by atoms with Crippen molar-refractivity contribution in [2.75, 3.05) is 13.7 Å². The van der Waals surface area contributed by atoms with Crippen LogP contribution in [0.1, 0.15) is 34.8 Å². The molecule has 2 aromatic rings. The zero-order valence-electron chi connectivity index (χ0n) is 11.7. The summed E-state index contributed by atoms with van der Waals surface area (Å²) in [5.41, 5.74) is 1.09. The molecule has 1 atom stereocenters. The molecule has 112 valence electrons. The minimum absolute atomic E-state index is 0.113. The molecular weight excluding hydrogens is 449 g/mol. The first kappa shape index (κ1) is 16.5. The Morgan fingerprint density at radius 1 is 1.43 bits per heavy atom. The SMILES string of the molecule is CCNC(c1ccc(C(=O)OC)o1)c1cc(Br)ccc1I. The Bertz CT molecular complexity index is 642. The molecule has 0 aliphatic carbocycles. The van der Waals surface area contributed by atoms with Crippen molar-refractivity contribution >= 4 is 44.5 Å². The van der Waals surface area contributed by atoms with Crippen LogP contribution in [-0.4, -0.2) is 19.6 Å². The second-order valence-electron chi connectivity index (χ2n) is 4.35. The standard InChI is InChI=1S/C15H15BrINO3/c1-3-18-14(10-8-9(16)4-5-11(10)17)12-6-7-13(21-12)15(19)20-2/h4-8,14,18H,3H2,1-2H3. The molecule has 0 spiro atoms. The van der Waals surface area contributed by atoms with Crippen molar-refractivity contribution in [1.82, 2.24) is 5.32 Å². The minimum atomic E-state index is -0.472. The average Bonchev–Trinajstić information content (AvgIpc) is 2.96. The first-order chi connectivity index (χ1) is 10.1. The van der Waals surface area contributed by atoms with Crippen molar-refractivity contribution in [1.29, 1.82) is 0 Å². The number of rotatable bonds is 5. The molecule has 1 unspecified atom stereocenters. The van der Waals surface area contributed by atoms with Crippen LogP contribution in [0.2, 0.25) is 0 Å². The number of furan rings is 1. The minimum Gasteiger partial charge on any atom is -0.463 e. The topological polar surface area (TPSA) is 51.5 Å². The maximum absolute atomic E-state index is 11.5. The summed E-state index contributed by atoms with van der Waals surface area (Å²) in [4.78, 5) is 11.5. The smallest absolute Gasteiger partial charge is 0.373 e. The molecule has 0 aliphatic rings. The van der Waals surface area contributed by atoms with Gasteiger partial charge in [0, 0.05) is 8.04 Å². The lowest BCUT2D eigenvalue weighted by Gasteiger charge is -2.18. The first-order valence-corrected chi connectivity index (χ1v) is 8.30. The molecule has 1 aromatic heterocycles. The Kier molecular flexibility index (Phi) is 5.83. The molecule has 0 saturated heterocycles. The van der Waals surface area contributed by atoms with Gasteiger partial charge < -0.3 is 14.5 Å². The lowest BCUT2D eigenvalue weighted by molar-refractivity contribution is 0.0562. The van der Waals surface area contributed by atoms with E-state index in [0.717, 1.165) is 20.2 Å². The van der Waals surface area contributed by atoms with Crippen molar-refractivity contribution in [2.24, 2.45) is 0 Å².